The summed E-state index contributed by atoms with van der Waals surface area (Å²) in [5.74, 6) is -0.833. The van der Waals surface area contributed by atoms with Crippen molar-refractivity contribution in [2.45, 2.75) is 33.7 Å². The van der Waals surface area contributed by atoms with Gasteiger partial charge in [0.25, 0.3) is 0 Å². The van der Waals surface area contributed by atoms with Crippen LogP contribution in [0.3, 0.4) is 0 Å². The van der Waals surface area contributed by atoms with Crippen molar-refractivity contribution in [1.82, 2.24) is 10.2 Å². The number of aromatic carboxylic acids is 1. The van der Waals surface area contributed by atoms with Gasteiger partial charge in [-0.05, 0) is 51.2 Å². The highest BCUT2D eigenvalue weighted by Crippen LogP contribution is 2.21. The summed E-state index contributed by atoms with van der Waals surface area (Å²) in [4.78, 5) is 14.8. The molecule has 0 fully saturated rings. The monoisotopic (exact) mass is 284 g/mol. The molecule has 108 valence electrons. The van der Waals surface area contributed by atoms with Gasteiger partial charge in [0, 0.05) is 11.4 Å². The smallest absolute Gasteiger partial charge is 0.345 e. The zero-order chi connectivity index (χ0) is 14.3. The number of nitrogens with zero attached hydrogens (tertiary/aromatic N) is 1. The molecule has 1 aromatic rings. The summed E-state index contributed by atoms with van der Waals surface area (Å²) in [6.45, 7) is 11.4. The van der Waals surface area contributed by atoms with Crippen LogP contribution in [0.25, 0.3) is 0 Å². The standard InChI is InChI=1S/C14H24N2O2S/c1-4-16(5-2)8-6-7-15-10-12-9-13(14(17)18)19-11(12)3/h9,15H,4-8,10H2,1-3H3,(H,17,18). The van der Waals surface area contributed by atoms with Gasteiger partial charge in [0.1, 0.15) is 4.88 Å². The fraction of sp³-hybridized carbons (Fsp3) is 0.643. The van der Waals surface area contributed by atoms with Crippen LogP contribution in [0.15, 0.2) is 6.07 Å². The van der Waals surface area contributed by atoms with Gasteiger partial charge in [-0.1, -0.05) is 13.8 Å². The van der Waals surface area contributed by atoms with Gasteiger partial charge >= 0.3 is 5.97 Å². The maximum atomic E-state index is 10.9. The minimum absolute atomic E-state index is 0.428. The van der Waals surface area contributed by atoms with Crippen LogP contribution in [0, 0.1) is 6.92 Å². The van der Waals surface area contributed by atoms with Crippen molar-refractivity contribution < 1.29 is 9.90 Å². The lowest BCUT2D eigenvalue weighted by molar-refractivity contribution is 0.0702. The van der Waals surface area contributed by atoms with Crippen LogP contribution >= 0.6 is 11.3 Å². The molecule has 4 nitrogen and oxygen atoms in total. The van der Waals surface area contributed by atoms with E-state index in [0.29, 0.717) is 4.88 Å². The minimum atomic E-state index is -0.833. The average Bonchev–Trinajstić information content (AvgIpc) is 2.76. The predicted octanol–water partition coefficient (Wildman–Crippen LogP) is 2.58. The second kappa shape index (κ2) is 8.30. The molecular weight excluding hydrogens is 260 g/mol. The van der Waals surface area contributed by atoms with Gasteiger partial charge in [0.05, 0.1) is 0 Å². The van der Waals surface area contributed by atoms with Crippen LogP contribution in [0.5, 0.6) is 0 Å². The molecule has 0 spiro atoms. The minimum Gasteiger partial charge on any atom is -0.477 e. The number of carboxylic acid groups (broad SMARTS) is 1. The van der Waals surface area contributed by atoms with Gasteiger partial charge in [-0.25, -0.2) is 4.79 Å². The van der Waals surface area contributed by atoms with E-state index in [4.69, 9.17) is 5.11 Å². The largest absolute Gasteiger partial charge is 0.477 e. The van der Waals surface area contributed by atoms with Crippen molar-refractivity contribution in [2.24, 2.45) is 0 Å². The molecule has 0 aliphatic rings. The fourth-order valence-corrected chi connectivity index (χ4v) is 2.87. The van der Waals surface area contributed by atoms with E-state index >= 15 is 0 Å². The lowest BCUT2D eigenvalue weighted by Gasteiger charge is -2.17. The molecule has 0 amide bonds. The molecule has 0 unspecified atom stereocenters. The van der Waals surface area contributed by atoms with Crippen molar-refractivity contribution in [3.8, 4) is 0 Å². The molecule has 0 radical (unpaired) electrons. The molecule has 0 bridgehead atoms. The number of nitrogens with one attached hydrogen (secondary N) is 1. The van der Waals surface area contributed by atoms with Crippen LogP contribution in [0.2, 0.25) is 0 Å². The number of aryl methyl sites for hydroxylation is 1. The molecule has 1 rings (SSSR count). The van der Waals surface area contributed by atoms with Gasteiger partial charge < -0.3 is 15.3 Å². The number of carbonyl (C=O) groups is 1. The highest BCUT2D eigenvalue weighted by atomic mass is 32.1. The van der Waals surface area contributed by atoms with Gasteiger partial charge in [0.15, 0.2) is 0 Å². The number of hydrogen-bond donors (Lipinski definition) is 2. The van der Waals surface area contributed by atoms with E-state index in [1.165, 1.54) is 11.3 Å². The van der Waals surface area contributed by atoms with Crippen LogP contribution in [0.1, 0.15) is 40.4 Å². The zero-order valence-electron chi connectivity index (χ0n) is 12.0. The summed E-state index contributed by atoms with van der Waals surface area (Å²) in [6, 6.07) is 1.78. The second-order valence-electron chi connectivity index (χ2n) is 4.55. The zero-order valence-corrected chi connectivity index (χ0v) is 12.8. The topological polar surface area (TPSA) is 52.6 Å². The molecule has 0 aliphatic heterocycles. The van der Waals surface area contributed by atoms with Crippen molar-refractivity contribution in [1.29, 1.82) is 0 Å². The number of rotatable bonds is 9. The first kappa shape index (κ1) is 16.1. The van der Waals surface area contributed by atoms with E-state index in [1.54, 1.807) is 6.07 Å². The Morgan fingerprint density at radius 2 is 2.11 bits per heavy atom. The first-order valence-corrected chi connectivity index (χ1v) is 7.65. The first-order valence-electron chi connectivity index (χ1n) is 6.84. The summed E-state index contributed by atoms with van der Waals surface area (Å²) >= 11 is 1.35. The lowest BCUT2D eigenvalue weighted by atomic mass is 10.2. The normalized spacial score (nSPS) is 11.2. The molecule has 19 heavy (non-hydrogen) atoms. The summed E-state index contributed by atoms with van der Waals surface area (Å²) in [6.07, 6.45) is 1.12. The van der Waals surface area contributed by atoms with E-state index < -0.39 is 5.97 Å². The maximum absolute atomic E-state index is 10.9. The van der Waals surface area contributed by atoms with Crippen molar-refractivity contribution in [2.75, 3.05) is 26.2 Å². The fourth-order valence-electron chi connectivity index (χ4n) is 1.99. The van der Waals surface area contributed by atoms with Gasteiger partial charge in [-0.3, -0.25) is 0 Å². The van der Waals surface area contributed by atoms with Gasteiger partial charge in [0.2, 0.25) is 0 Å². The first-order chi connectivity index (χ1) is 9.08. The van der Waals surface area contributed by atoms with E-state index in [1.807, 2.05) is 6.92 Å². The number of hydrogen-bond acceptors (Lipinski definition) is 4. The van der Waals surface area contributed by atoms with Crippen molar-refractivity contribution >= 4 is 17.3 Å². The molecule has 2 N–H and O–H groups in total. The average molecular weight is 284 g/mol. The Balaban J connectivity index is 2.28. The van der Waals surface area contributed by atoms with E-state index in [0.717, 1.165) is 49.6 Å². The quantitative estimate of drug-likeness (QED) is 0.684. The van der Waals surface area contributed by atoms with E-state index in [2.05, 4.69) is 24.1 Å². The third-order valence-electron chi connectivity index (χ3n) is 3.27. The Hall–Kier alpha value is -0.910. The molecule has 5 heteroatoms. The number of carboxylic acids is 1. The van der Waals surface area contributed by atoms with E-state index in [-0.39, 0.29) is 0 Å². The third kappa shape index (κ3) is 5.30. The summed E-state index contributed by atoms with van der Waals surface area (Å²) in [5, 5.41) is 12.3. The van der Waals surface area contributed by atoms with Crippen LogP contribution in [-0.4, -0.2) is 42.2 Å². The Bertz CT molecular complexity index is 400. The highest BCUT2D eigenvalue weighted by molar-refractivity contribution is 7.14. The Morgan fingerprint density at radius 1 is 1.42 bits per heavy atom. The summed E-state index contributed by atoms with van der Waals surface area (Å²) in [7, 11) is 0. The molecule has 0 saturated heterocycles. The molecule has 1 heterocycles. The van der Waals surface area contributed by atoms with Crippen LogP contribution in [-0.2, 0) is 6.54 Å². The van der Waals surface area contributed by atoms with Crippen molar-refractivity contribution in [3.63, 3.8) is 0 Å². The highest BCUT2D eigenvalue weighted by Gasteiger charge is 2.10. The summed E-state index contributed by atoms with van der Waals surface area (Å²) < 4.78 is 0. The number of thiophene rings is 1. The van der Waals surface area contributed by atoms with E-state index in [9.17, 15) is 4.79 Å². The molecule has 0 saturated carbocycles. The molecule has 0 aliphatic carbocycles. The Labute approximate surface area is 119 Å². The second-order valence-corrected chi connectivity index (χ2v) is 5.81. The van der Waals surface area contributed by atoms with Crippen molar-refractivity contribution in [3.05, 3.63) is 21.4 Å². The Morgan fingerprint density at radius 3 is 2.63 bits per heavy atom. The molecular formula is C14H24N2O2S. The predicted molar refractivity (Wildman–Crippen MR) is 80.1 cm³/mol. The Kier molecular flexibility index (Phi) is 7.05. The molecule has 1 aromatic heterocycles. The lowest BCUT2D eigenvalue weighted by Crippen LogP contribution is -2.27. The molecule has 0 aromatic carbocycles. The molecule has 0 atom stereocenters. The third-order valence-corrected chi connectivity index (χ3v) is 4.35. The van der Waals surface area contributed by atoms with Gasteiger partial charge in [-0.15, -0.1) is 11.3 Å². The van der Waals surface area contributed by atoms with Crippen LogP contribution < -0.4 is 5.32 Å². The van der Waals surface area contributed by atoms with Gasteiger partial charge in [-0.2, -0.15) is 0 Å². The van der Waals surface area contributed by atoms with Crippen LogP contribution in [0.4, 0.5) is 0 Å². The summed E-state index contributed by atoms with van der Waals surface area (Å²) in [5.41, 5.74) is 1.10. The maximum Gasteiger partial charge on any atom is 0.345 e. The SMILES string of the molecule is CCN(CC)CCCNCc1cc(C(=O)O)sc1C.